The van der Waals surface area contributed by atoms with Crippen molar-refractivity contribution < 1.29 is 4.79 Å². The summed E-state index contributed by atoms with van der Waals surface area (Å²) in [6, 6.07) is 20.2. The van der Waals surface area contributed by atoms with Crippen LogP contribution in [0, 0.1) is 0 Å². The van der Waals surface area contributed by atoms with Crippen molar-refractivity contribution >= 4 is 34.6 Å². The summed E-state index contributed by atoms with van der Waals surface area (Å²) in [7, 11) is 0. The molecule has 1 aliphatic heterocycles. The van der Waals surface area contributed by atoms with E-state index in [4.69, 9.17) is 0 Å². The van der Waals surface area contributed by atoms with Crippen LogP contribution in [0.5, 0.6) is 0 Å². The van der Waals surface area contributed by atoms with E-state index in [2.05, 4.69) is 44.8 Å². The molecule has 2 atom stereocenters. The van der Waals surface area contributed by atoms with E-state index in [1.165, 1.54) is 5.56 Å². The van der Waals surface area contributed by atoms with Crippen molar-refractivity contribution in [1.29, 1.82) is 0 Å². The molecule has 5 nitrogen and oxygen atoms in total. The Morgan fingerprint density at radius 1 is 1.03 bits per heavy atom. The number of para-hydroxylation sites is 1. The highest BCUT2D eigenvalue weighted by molar-refractivity contribution is 6.09. The Labute approximate surface area is 167 Å². The molecule has 2 aromatic carbocycles. The molecular formula is C24H18N4O. The zero-order valence-corrected chi connectivity index (χ0v) is 15.6. The molecule has 140 valence electrons. The van der Waals surface area contributed by atoms with E-state index in [1.54, 1.807) is 6.20 Å². The lowest BCUT2D eigenvalue weighted by molar-refractivity contribution is -0.118. The van der Waals surface area contributed by atoms with E-state index in [0.29, 0.717) is 0 Å². The van der Waals surface area contributed by atoms with Gasteiger partial charge < -0.3 is 5.32 Å². The van der Waals surface area contributed by atoms with Crippen molar-refractivity contribution in [3.8, 4) is 0 Å². The lowest BCUT2D eigenvalue weighted by atomic mass is 9.92. The van der Waals surface area contributed by atoms with Gasteiger partial charge >= 0.3 is 0 Å². The third kappa shape index (κ3) is 2.37. The third-order valence-corrected chi connectivity index (χ3v) is 6.14. The van der Waals surface area contributed by atoms with Crippen molar-refractivity contribution in [2.75, 3.05) is 5.32 Å². The molecule has 2 N–H and O–H groups in total. The average Bonchev–Trinajstić information content (AvgIpc) is 3.29. The molecule has 6 rings (SSSR count). The molecule has 2 aliphatic rings. The molecule has 5 heteroatoms. The number of aromatic nitrogens is 3. The van der Waals surface area contributed by atoms with Crippen molar-refractivity contribution in [3.63, 3.8) is 0 Å². The van der Waals surface area contributed by atoms with Crippen LogP contribution in [-0.4, -0.2) is 21.1 Å². The van der Waals surface area contributed by atoms with Gasteiger partial charge in [-0.25, -0.2) is 0 Å². The van der Waals surface area contributed by atoms with Gasteiger partial charge in [-0.3, -0.25) is 14.9 Å². The molecule has 1 fully saturated rings. The number of benzene rings is 2. The summed E-state index contributed by atoms with van der Waals surface area (Å²) in [5.41, 5.74) is 5.60. The van der Waals surface area contributed by atoms with Crippen molar-refractivity contribution in [1.82, 2.24) is 15.2 Å². The Morgan fingerprint density at radius 3 is 2.83 bits per heavy atom. The molecule has 1 unspecified atom stereocenters. The highest BCUT2D eigenvalue weighted by Crippen LogP contribution is 2.64. The maximum atomic E-state index is 12.7. The van der Waals surface area contributed by atoms with Gasteiger partial charge in [-0.1, -0.05) is 36.4 Å². The van der Waals surface area contributed by atoms with Crippen LogP contribution in [0.1, 0.15) is 34.9 Å². The van der Waals surface area contributed by atoms with Gasteiger partial charge in [0.15, 0.2) is 0 Å². The van der Waals surface area contributed by atoms with E-state index < -0.39 is 5.41 Å². The van der Waals surface area contributed by atoms with Crippen LogP contribution in [0.25, 0.3) is 23.1 Å². The number of aromatic amines is 1. The van der Waals surface area contributed by atoms with Crippen LogP contribution >= 0.6 is 0 Å². The minimum absolute atomic E-state index is 0.118. The van der Waals surface area contributed by atoms with Gasteiger partial charge in [-0.05, 0) is 54.0 Å². The first-order valence-corrected chi connectivity index (χ1v) is 9.74. The van der Waals surface area contributed by atoms with E-state index in [-0.39, 0.29) is 11.8 Å². The normalized spacial score (nSPS) is 22.3. The maximum Gasteiger partial charge on any atom is 0.235 e. The SMILES string of the molecule is O=C1Nc2ccccc2[C@]12CC2c1ccc2c(/C=C/c3ccccn3)n[nH]c2c1. The average molecular weight is 378 g/mol. The molecule has 29 heavy (non-hydrogen) atoms. The summed E-state index contributed by atoms with van der Waals surface area (Å²) in [6.07, 6.45) is 6.55. The lowest BCUT2D eigenvalue weighted by Crippen LogP contribution is -2.20. The predicted molar refractivity (Wildman–Crippen MR) is 113 cm³/mol. The fourth-order valence-electron chi connectivity index (χ4n) is 4.59. The third-order valence-electron chi connectivity index (χ3n) is 6.14. The van der Waals surface area contributed by atoms with Crippen molar-refractivity contribution in [2.24, 2.45) is 0 Å². The van der Waals surface area contributed by atoms with Gasteiger partial charge in [-0.2, -0.15) is 5.10 Å². The number of carbonyl (C=O) groups is 1. The van der Waals surface area contributed by atoms with Gasteiger partial charge in [-0.15, -0.1) is 0 Å². The van der Waals surface area contributed by atoms with Crippen LogP contribution in [0.3, 0.4) is 0 Å². The number of pyridine rings is 1. The number of amides is 1. The number of carbonyl (C=O) groups excluding carboxylic acids is 1. The smallest absolute Gasteiger partial charge is 0.235 e. The van der Waals surface area contributed by atoms with Crippen molar-refractivity contribution in [3.05, 3.63) is 89.4 Å². The molecule has 4 aromatic rings. The molecular weight excluding hydrogens is 360 g/mol. The lowest BCUT2D eigenvalue weighted by Gasteiger charge is -2.08. The standard InChI is InChI=1S/C24H18N4O/c29-23-24(18-6-1-2-7-21(18)26-23)14-19(24)15-8-10-17-20(27-28-22(17)13-15)11-9-16-5-3-4-12-25-16/h1-13,19H,14H2,(H,26,29)(H,27,28)/b11-9+/t19?,24-/m0/s1. The zero-order chi connectivity index (χ0) is 19.4. The molecule has 1 aliphatic carbocycles. The molecule has 0 saturated heterocycles. The summed E-state index contributed by atoms with van der Waals surface area (Å²) in [5, 5.41) is 11.7. The quantitative estimate of drug-likeness (QED) is 0.551. The number of nitrogens with one attached hydrogen (secondary N) is 2. The summed E-state index contributed by atoms with van der Waals surface area (Å²) in [4.78, 5) is 17.0. The van der Waals surface area contributed by atoms with Gasteiger partial charge in [0, 0.05) is 23.2 Å². The van der Waals surface area contributed by atoms with Crippen molar-refractivity contribution in [2.45, 2.75) is 17.8 Å². The molecule has 3 heterocycles. The highest BCUT2D eigenvalue weighted by atomic mass is 16.2. The van der Waals surface area contributed by atoms with E-state index in [1.807, 2.05) is 48.6 Å². The highest BCUT2D eigenvalue weighted by Gasteiger charge is 2.65. The Bertz CT molecular complexity index is 1290. The zero-order valence-electron chi connectivity index (χ0n) is 15.6. The van der Waals surface area contributed by atoms with Crippen LogP contribution < -0.4 is 5.32 Å². The summed E-state index contributed by atoms with van der Waals surface area (Å²) in [6.45, 7) is 0. The van der Waals surface area contributed by atoms with Crippen LogP contribution in [0.15, 0.2) is 66.9 Å². The van der Waals surface area contributed by atoms with E-state index in [9.17, 15) is 4.79 Å². The molecule has 2 aromatic heterocycles. The molecule has 1 spiro atoms. The van der Waals surface area contributed by atoms with E-state index >= 15 is 0 Å². The minimum Gasteiger partial charge on any atom is -0.325 e. The number of nitrogens with zero attached hydrogens (tertiary/aromatic N) is 2. The topological polar surface area (TPSA) is 70.7 Å². The summed E-state index contributed by atoms with van der Waals surface area (Å²) < 4.78 is 0. The fourth-order valence-corrected chi connectivity index (χ4v) is 4.59. The Morgan fingerprint density at radius 2 is 1.93 bits per heavy atom. The molecule has 0 radical (unpaired) electrons. The second-order valence-electron chi connectivity index (χ2n) is 7.73. The van der Waals surface area contributed by atoms with Gasteiger partial charge in [0.25, 0.3) is 0 Å². The number of H-pyrrole nitrogens is 1. The summed E-state index contributed by atoms with van der Waals surface area (Å²) >= 11 is 0. The number of fused-ring (bicyclic) bond motifs is 3. The summed E-state index contributed by atoms with van der Waals surface area (Å²) in [5.74, 6) is 0.318. The largest absolute Gasteiger partial charge is 0.325 e. The number of anilines is 1. The van der Waals surface area contributed by atoms with Gasteiger partial charge in [0.1, 0.15) is 0 Å². The van der Waals surface area contributed by atoms with Crippen LogP contribution in [-0.2, 0) is 10.2 Å². The first kappa shape index (κ1) is 16.2. The number of hydrogen-bond donors (Lipinski definition) is 2. The van der Waals surface area contributed by atoms with Gasteiger partial charge in [0.05, 0.1) is 22.3 Å². The second-order valence-corrected chi connectivity index (χ2v) is 7.73. The fraction of sp³-hybridized carbons (Fsp3) is 0.125. The monoisotopic (exact) mass is 378 g/mol. The first-order chi connectivity index (χ1) is 14.3. The van der Waals surface area contributed by atoms with Crippen LogP contribution in [0.2, 0.25) is 0 Å². The molecule has 1 amide bonds. The van der Waals surface area contributed by atoms with Crippen LogP contribution in [0.4, 0.5) is 5.69 Å². The number of rotatable bonds is 3. The number of hydrogen-bond acceptors (Lipinski definition) is 3. The van der Waals surface area contributed by atoms with E-state index in [0.717, 1.165) is 40.0 Å². The molecule has 0 bridgehead atoms. The molecule has 1 saturated carbocycles. The Kier molecular flexibility index (Phi) is 3.29. The first-order valence-electron chi connectivity index (χ1n) is 9.74. The Balaban J connectivity index is 1.33. The second kappa shape index (κ2) is 5.88. The predicted octanol–water partition coefficient (Wildman–Crippen LogP) is 4.51. The maximum absolute atomic E-state index is 12.7. The minimum atomic E-state index is -0.411. The Hall–Kier alpha value is -3.73. The van der Waals surface area contributed by atoms with Gasteiger partial charge in [0.2, 0.25) is 5.91 Å².